The summed E-state index contributed by atoms with van der Waals surface area (Å²) in [5.41, 5.74) is 6.87. The van der Waals surface area contributed by atoms with Gasteiger partial charge in [-0.3, -0.25) is 4.79 Å². The van der Waals surface area contributed by atoms with E-state index in [1.165, 1.54) is 6.92 Å². The quantitative estimate of drug-likeness (QED) is 0.800. The highest BCUT2D eigenvalue weighted by molar-refractivity contribution is 5.81. The molecule has 1 atom stereocenters. The number of nitrogens with one attached hydrogen (secondary N) is 1. The van der Waals surface area contributed by atoms with Crippen molar-refractivity contribution in [3.63, 3.8) is 0 Å². The summed E-state index contributed by atoms with van der Waals surface area (Å²) in [6, 6.07) is 6.16. The predicted molar refractivity (Wildman–Crippen MR) is 58.2 cm³/mol. The molecule has 0 radical (unpaired) electrons. The largest absolute Gasteiger partial charge is 0.471 e. The van der Waals surface area contributed by atoms with Gasteiger partial charge in [-0.2, -0.15) is 13.2 Å². The molecule has 1 aromatic rings. The number of rotatable bonds is 3. The Kier molecular flexibility index (Phi) is 3.98. The topological polar surface area (TPSA) is 55.1 Å². The van der Waals surface area contributed by atoms with Crippen molar-refractivity contribution in [1.82, 2.24) is 5.32 Å². The molecule has 0 saturated heterocycles. The van der Waals surface area contributed by atoms with Gasteiger partial charge in [-0.25, -0.2) is 0 Å². The molecule has 0 fully saturated rings. The van der Waals surface area contributed by atoms with Gasteiger partial charge in [0.05, 0.1) is 0 Å². The van der Waals surface area contributed by atoms with Gasteiger partial charge in [0.25, 0.3) is 0 Å². The SMILES string of the molecule is CC(Cc1ccc(N)cc1)NC(=O)C(F)(F)F. The average molecular weight is 246 g/mol. The minimum atomic E-state index is -4.84. The summed E-state index contributed by atoms with van der Waals surface area (Å²) in [5.74, 6) is -1.92. The molecule has 0 aliphatic carbocycles. The van der Waals surface area contributed by atoms with E-state index in [0.717, 1.165) is 5.56 Å². The van der Waals surface area contributed by atoms with E-state index in [0.29, 0.717) is 12.1 Å². The molecule has 0 bridgehead atoms. The summed E-state index contributed by atoms with van der Waals surface area (Å²) in [6.45, 7) is 1.51. The fraction of sp³-hybridized carbons (Fsp3) is 0.364. The maximum absolute atomic E-state index is 12.0. The highest BCUT2D eigenvalue weighted by atomic mass is 19.4. The van der Waals surface area contributed by atoms with E-state index in [2.05, 4.69) is 0 Å². The van der Waals surface area contributed by atoms with Gasteiger partial charge in [-0.15, -0.1) is 0 Å². The third kappa shape index (κ3) is 4.34. The average Bonchev–Trinajstić information content (AvgIpc) is 2.20. The van der Waals surface area contributed by atoms with Crippen molar-refractivity contribution < 1.29 is 18.0 Å². The lowest BCUT2D eigenvalue weighted by atomic mass is 10.1. The van der Waals surface area contributed by atoms with Gasteiger partial charge in [0.2, 0.25) is 0 Å². The number of anilines is 1. The van der Waals surface area contributed by atoms with Crippen LogP contribution in [0.4, 0.5) is 18.9 Å². The Balaban J connectivity index is 2.53. The Morgan fingerprint density at radius 1 is 1.35 bits per heavy atom. The molecular formula is C11H13F3N2O. The highest BCUT2D eigenvalue weighted by Gasteiger charge is 2.39. The molecule has 1 aromatic carbocycles. The van der Waals surface area contributed by atoms with Crippen molar-refractivity contribution in [2.75, 3.05) is 5.73 Å². The number of nitrogen functional groups attached to an aromatic ring is 1. The molecule has 6 heteroatoms. The Labute approximate surface area is 96.8 Å². The first-order valence-corrected chi connectivity index (χ1v) is 5.01. The van der Waals surface area contributed by atoms with Gasteiger partial charge in [0.1, 0.15) is 0 Å². The molecule has 17 heavy (non-hydrogen) atoms. The molecule has 0 spiro atoms. The van der Waals surface area contributed by atoms with Gasteiger partial charge in [-0.05, 0) is 31.0 Å². The zero-order valence-electron chi connectivity index (χ0n) is 9.21. The molecule has 94 valence electrons. The number of carbonyl (C=O) groups excluding carboxylic acids is 1. The van der Waals surface area contributed by atoms with E-state index in [4.69, 9.17) is 5.73 Å². The maximum Gasteiger partial charge on any atom is 0.471 e. The van der Waals surface area contributed by atoms with E-state index < -0.39 is 18.1 Å². The van der Waals surface area contributed by atoms with Crippen molar-refractivity contribution in [2.45, 2.75) is 25.6 Å². The zero-order valence-corrected chi connectivity index (χ0v) is 9.21. The summed E-state index contributed by atoms with van der Waals surface area (Å²) >= 11 is 0. The van der Waals surface area contributed by atoms with Crippen molar-refractivity contribution in [2.24, 2.45) is 0 Å². The lowest BCUT2D eigenvalue weighted by Gasteiger charge is -2.15. The Hall–Kier alpha value is -1.72. The fourth-order valence-electron chi connectivity index (χ4n) is 1.36. The van der Waals surface area contributed by atoms with Crippen LogP contribution in [0.1, 0.15) is 12.5 Å². The second kappa shape index (κ2) is 5.07. The smallest absolute Gasteiger partial charge is 0.399 e. The third-order valence-electron chi connectivity index (χ3n) is 2.16. The number of hydrogen-bond donors (Lipinski definition) is 2. The van der Waals surface area contributed by atoms with E-state index in [1.807, 2.05) is 5.32 Å². The molecule has 0 heterocycles. The summed E-state index contributed by atoms with van der Waals surface area (Å²) in [6.07, 6.45) is -4.52. The van der Waals surface area contributed by atoms with Crippen LogP contribution in [0, 0.1) is 0 Å². The maximum atomic E-state index is 12.0. The first-order chi connectivity index (χ1) is 7.79. The summed E-state index contributed by atoms with van der Waals surface area (Å²) in [4.78, 5) is 10.7. The van der Waals surface area contributed by atoms with Crippen LogP contribution in [0.25, 0.3) is 0 Å². The lowest BCUT2D eigenvalue weighted by molar-refractivity contribution is -0.174. The minimum Gasteiger partial charge on any atom is -0.399 e. The predicted octanol–water partition coefficient (Wildman–Crippen LogP) is 1.88. The Morgan fingerprint density at radius 3 is 2.35 bits per heavy atom. The molecule has 1 unspecified atom stereocenters. The Morgan fingerprint density at radius 2 is 1.88 bits per heavy atom. The van der Waals surface area contributed by atoms with E-state index in [1.54, 1.807) is 24.3 Å². The number of nitrogens with two attached hydrogens (primary N) is 1. The van der Waals surface area contributed by atoms with Crippen LogP contribution in [0.15, 0.2) is 24.3 Å². The zero-order chi connectivity index (χ0) is 13.1. The van der Waals surface area contributed by atoms with E-state index >= 15 is 0 Å². The molecule has 0 aliphatic rings. The van der Waals surface area contributed by atoms with Crippen molar-refractivity contribution in [3.8, 4) is 0 Å². The van der Waals surface area contributed by atoms with Crippen molar-refractivity contribution in [1.29, 1.82) is 0 Å². The number of carbonyl (C=O) groups is 1. The molecule has 3 nitrogen and oxygen atoms in total. The molecule has 0 aliphatic heterocycles. The van der Waals surface area contributed by atoms with Crippen LogP contribution in [0.2, 0.25) is 0 Å². The third-order valence-corrected chi connectivity index (χ3v) is 2.16. The second-order valence-electron chi connectivity index (χ2n) is 3.82. The van der Waals surface area contributed by atoms with Crippen molar-refractivity contribution >= 4 is 11.6 Å². The molecular weight excluding hydrogens is 233 g/mol. The monoisotopic (exact) mass is 246 g/mol. The number of alkyl halides is 3. The van der Waals surface area contributed by atoms with Crippen LogP contribution in [0.3, 0.4) is 0 Å². The lowest BCUT2D eigenvalue weighted by Crippen LogP contribution is -2.42. The van der Waals surface area contributed by atoms with Crippen LogP contribution >= 0.6 is 0 Å². The summed E-state index contributed by atoms with van der Waals surface area (Å²) in [7, 11) is 0. The number of hydrogen-bond acceptors (Lipinski definition) is 2. The van der Waals surface area contributed by atoms with Crippen LogP contribution < -0.4 is 11.1 Å². The number of halogens is 3. The van der Waals surface area contributed by atoms with Gasteiger partial charge in [0, 0.05) is 11.7 Å². The van der Waals surface area contributed by atoms with Crippen LogP contribution in [0.5, 0.6) is 0 Å². The second-order valence-corrected chi connectivity index (χ2v) is 3.82. The van der Waals surface area contributed by atoms with Gasteiger partial charge >= 0.3 is 12.1 Å². The molecule has 1 rings (SSSR count). The standard InChI is InChI=1S/C11H13F3N2O/c1-7(16-10(17)11(12,13)14)6-8-2-4-9(15)5-3-8/h2-5,7H,6,15H2,1H3,(H,16,17). The van der Waals surface area contributed by atoms with E-state index in [-0.39, 0.29) is 0 Å². The highest BCUT2D eigenvalue weighted by Crippen LogP contribution is 2.15. The van der Waals surface area contributed by atoms with Gasteiger partial charge in [0.15, 0.2) is 0 Å². The molecule has 0 aromatic heterocycles. The first kappa shape index (κ1) is 13.3. The minimum absolute atomic E-state index is 0.322. The summed E-state index contributed by atoms with van der Waals surface area (Å²) < 4.78 is 35.9. The van der Waals surface area contributed by atoms with Gasteiger partial charge in [-0.1, -0.05) is 12.1 Å². The molecule has 0 saturated carbocycles. The number of benzene rings is 1. The first-order valence-electron chi connectivity index (χ1n) is 5.01. The van der Waals surface area contributed by atoms with E-state index in [9.17, 15) is 18.0 Å². The van der Waals surface area contributed by atoms with Crippen LogP contribution in [-0.2, 0) is 11.2 Å². The molecule has 1 amide bonds. The number of amides is 1. The van der Waals surface area contributed by atoms with Gasteiger partial charge < -0.3 is 11.1 Å². The fourth-order valence-corrected chi connectivity index (χ4v) is 1.36. The molecule has 3 N–H and O–H groups in total. The normalized spacial score (nSPS) is 13.2. The van der Waals surface area contributed by atoms with Crippen LogP contribution in [-0.4, -0.2) is 18.1 Å². The van der Waals surface area contributed by atoms with Crippen molar-refractivity contribution in [3.05, 3.63) is 29.8 Å². The Bertz CT molecular complexity index is 387. The summed E-state index contributed by atoms with van der Waals surface area (Å²) in [5, 5.41) is 1.89.